The second kappa shape index (κ2) is 12.6. The van der Waals surface area contributed by atoms with Gasteiger partial charge in [-0.05, 0) is 89.8 Å². The Morgan fingerprint density at radius 1 is 1.11 bits per heavy atom. The highest BCUT2D eigenvalue weighted by Crippen LogP contribution is 2.29. The molecule has 2 amide bonds. The summed E-state index contributed by atoms with van der Waals surface area (Å²) >= 11 is 0. The summed E-state index contributed by atoms with van der Waals surface area (Å²) < 4.78 is 12.9. The van der Waals surface area contributed by atoms with Crippen LogP contribution in [0.2, 0.25) is 0 Å². The molecule has 2 aromatic rings. The SMILES string of the molecule is COc1cc2c(cc1C(=O)NC(/C=C\C=C(/C)c1nncn1C(C)C)=C(C)C)CN(C(=O)OC(C)C)CC2. The van der Waals surface area contributed by atoms with E-state index in [0.29, 0.717) is 36.5 Å². The summed E-state index contributed by atoms with van der Waals surface area (Å²) in [5.41, 5.74) is 4.98. The molecule has 1 N–H and O–H groups in total. The van der Waals surface area contributed by atoms with Crippen LogP contribution in [0.5, 0.6) is 5.75 Å². The third kappa shape index (κ3) is 6.90. The van der Waals surface area contributed by atoms with Crippen LogP contribution < -0.4 is 10.1 Å². The lowest BCUT2D eigenvalue weighted by molar-refractivity contribution is 0.0730. The first-order valence-electron chi connectivity index (χ1n) is 12.9. The molecule has 2 heterocycles. The molecule has 204 valence electrons. The molecule has 0 spiro atoms. The summed E-state index contributed by atoms with van der Waals surface area (Å²) in [7, 11) is 1.55. The minimum Gasteiger partial charge on any atom is -0.496 e. The molecule has 0 unspecified atom stereocenters. The van der Waals surface area contributed by atoms with E-state index in [2.05, 4.69) is 29.4 Å². The average Bonchev–Trinajstić information content (AvgIpc) is 3.37. The van der Waals surface area contributed by atoms with Crippen molar-refractivity contribution in [2.45, 2.75) is 73.6 Å². The molecule has 0 fully saturated rings. The largest absolute Gasteiger partial charge is 0.496 e. The molecule has 0 saturated carbocycles. The van der Waals surface area contributed by atoms with Gasteiger partial charge in [-0.3, -0.25) is 4.79 Å². The van der Waals surface area contributed by atoms with E-state index in [4.69, 9.17) is 9.47 Å². The van der Waals surface area contributed by atoms with Crippen molar-refractivity contribution in [1.82, 2.24) is 25.0 Å². The van der Waals surface area contributed by atoms with Crippen molar-refractivity contribution in [3.8, 4) is 5.75 Å². The predicted octanol–water partition coefficient (Wildman–Crippen LogP) is 5.45. The van der Waals surface area contributed by atoms with Crippen LogP contribution in [0.15, 0.2) is 48.0 Å². The molecule has 1 aliphatic rings. The maximum atomic E-state index is 13.4. The fourth-order valence-electron chi connectivity index (χ4n) is 4.15. The molecular weight excluding hydrogens is 482 g/mol. The first-order valence-corrected chi connectivity index (χ1v) is 12.9. The van der Waals surface area contributed by atoms with Crippen LogP contribution in [0.25, 0.3) is 5.57 Å². The Kier molecular flexibility index (Phi) is 9.50. The van der Waals surface area contributed by atoms with Crippen molar-refractivity contribution >= 4 is 17.6 Å². The van der Waals surface area contributed by atoms with Crippen molar-refractivity contribution in [1.29, 1.82) is 0 Å². The summed E-state index contributed by atoms with van der Waals surface area (Å²) in [6.07, 6.45) is 7.55. The first-order chi connectivity index (χ1) is 18.0. The van der Waals surface area contributed by atoms with Crippen LogP contribution in [0.3, 0.4) is 0 Å². The van der Waals surface area contributed by atoms with Crippen molar-refractivity contribution in [2.24, 2.45) is 0 Å². The highest BCUT2D eigenvalue weighted by Gasteiger charge is 2.25. The van der Waals surface area contributed by atoms with Gasteiger partial charge in [0.25, 0.3) is 5.91 Å². The number of aromatic nitrogens is 3. The molecule has 1 aromatic carbocycles. The van der Waals surface area contributed by atoms with Gasteiger partial charge in [-0.15, -0.1) is 10.2 Å². The summed E-state index contributed by atoms with van der Waals surface area (Å²) in [6.45, 7) is 14.6. The zero-order valence-corrected chi connectivity index (χ0v) is 23.7. The Morgan fingerprint density at radius 3 is 2.47 bits per heavy atom. The number of fused-ring (bicyclic) bond motifs is 1. The quantitative estimate of drug-likeness (QED) is 0.464. The van der Waals surface area contributed by atoms with Gasteiger partial charge in [0.05, 0.1) is 18.8 Å². The van der Waals surface area contributed by atoms with Gasteiger partial charge in [0, 0.05) is 24.8 Å². The number of allylic oxidation sites excluding steroid dienone is 5. The Labute approximate surface area is 225 Å². The second-order valence-corrected chi connectivity index (χ2v) is 10.2. The predicted molar refractivity (Wildman–Crippen MR) is 148 cm³/mol. The standard InChI is InChI=1S/C29H39N5O4/c1-18(2)25(11-9-10-21(7)27-32-30-17-34(27)19(3)4)31-28(35)24-14-23-16-33(29(36)38-20(5)6)13-12-22(23)15-26(24)37-8/h9-11,14-15,17,19-20H,12-13,16H2,1-8H3,(H,31,35)/b11-9-,21-10+. The van der Waals surface area contributed by atoms with E-state index in [1.807, 2.05) is 69.5 Å². The smallest absolute Gasteiger partial charge is 0.410 e. The number of methoxy groups -OCH3 is 1. The van der Waals surface area contributed by atoms with Gasteiger partial charge in [0.15, 0.2) is 5.82 Å². The Morgan fingerprint density at radius 2 is 1.84 bits per heavy atom. The molecule has 9 nitrogen and oxygen atoms in total. The minimum absolute atomic E-state index is 0.191. The molecule has 3 rings (SSSR count). The lowest BCUT2D eigenvalue weighted by Gasteiger charge is -2.29. The summed E-state index contributed by atoms with van der Waals surface area (Å²) in [5, 5.41) is 11.3. The van der Waals surface area contributed by atoms with E-state index >= 15 is 0 Å². The van der Waals surface area contributed by atoms with E-state index in [0.717, 1.165) is 28.1 Å². The van der Waals surface area contributed by atoms with E-state index in [1.54, 1.807) is 18.3 Å². The van der Waals surface area contributed by atoms with Gasteiger partial charge in [-0.25, -0.2) is 4.79 Å². The third-order valence-electron chi connectivity index (χ3n) is 6.25. The summed E-state index contributed by atoms with van der Waals surface area (Å²) in [5.74, 6) is 1.02. The molecule has 0 bridgehead atoms. The summed E-state index contributed by atoms with van der Waals surface area (Å²) in [6, 6.07) is 3.96. The van der Waals surface area contributed by atoms with Crippen LogP contribution in [0, 0.1) is 0 Å². The highest BCUT2D eigenvalue weighted by molar-refractivity contribution is 5.98. The van der Waals surface area contributed by atoms with Crippen molar-refractivity contribution in [3.63, 3.8) is 0 Å². The number of nitrogens with one attached hydrogen (secondary N) is 1. The number of hydrogen-bond acceptors (Lipinski definition) is 6. The molecular formula is C29H39N5O4. The lowest BCUT2D eigenvalue weighted by Crippen LogP contribution is -2.37. The van der Waals surface area contributed by atoms with Crippen LogP contribution in [-0.4, -0.2) is 51.4 Å². The lowest BCUT2D eigenvalue weighted by atomic mass is 9.96. The van der Waals surface area contributed by atoms with Gasteiger partial charge in [-0.2, -0.15) is 0 Å². The van der Waals surface area contributed by atoms with Gasteiger partial charge >= 0.3 is 6.09 Å². The van der Waals surface area contributed by atoms with Gasteiger partial charge in [-0.1, -0.05) is 17.7 Å². The highest BCUT2D eigenvalue weighted by atomic mass is 16.6. The number of hydrogen-bond donors (Lipinski definition) is 1. The van der Waals surface area contributed by atoms with E-state index in [9.17, 15) is 9.59 Å². The number of ether oxygens (including phenoxy) is 2. The van der Waals surface area contributed by atoms with E-state index < -0.39 is 0 Å². The van der Waals surface area contributed by atoms with Crippen molar-refractivity contribution in [2.75, 3.05) is 13.7 Å². The number of rotatable bonds is 8. The maximum absolute atomic E-state index is 13.4. The monoisotopic (exact) mass is 521 g/mol. The fraction of sp³-hybridized carbons (Fsp3) is 0.448. The molecule has 0 radical (unpaired) electrons. The Hall–Kier alpha value is -3.88. The fourth-order valence-corrected chi connectivity index (χ4v) is 4.15. The molecule has 9 heteroatoms. The summed E-state index contributed by atoms with van der Waals surface area (Å²) in [4.78, 5) is 27.5. The molecule has 0 aliphatic carbocycles. The first kappa shape index (κ1) is 28.7. The Balaban J connectivity index is 1.80. The van der Waals surface area contributed by atoms with Crippen LogP contribution in [0.1, 0.15) is 81.8 Å². The number of carbonyl (C=O) groups is 2. The third-order valence-corrected chi connectivity index (χ3v) is 6.25. The Bertz CT molecular complexity index is 1270. The number of nitrogens with zero attached hydrogens (tertiary/aromatic N) is 4. The van der Waals surface area contributed by atoms with E-state index in [1.165, 1.54) is 0 Å². The van der Waals surface area contributed by atoms with Gasteiger partial charge < -0.3 is 24.3 Å². The molecule has 0 saturated heterocycles. The average molecular weight is 522 g/mol. The molecule has 0 atom stereocenters. The number of amides is 2. The second-order valence-electron chi connectivity index (χ2n) is 10.2. The minimum atomic E-state index is -0.348. The zero-order chi connectivity index (χ0) is 28.0. The number of benzene rings is 1. The van der Waals surface area contributed by atoms with Crippen LogP contribution in [0.4, 0.5) is 4.79 Å². The normalized spacial score (nSPS) is 13.6. The zero-order valence-electron chi connectivity index (χ0n) is 23.7. The van der Waals surface area contributed by atoms with Crippen LogP contribution in [-0.2, 0) is 17.7 Å². The van der Waals surface area contributed by atoms with Gasteiger partial charge in [0.1, 0.15) is 12.1 Å². The topological polar surface area (TPSA) is 98.6 Å². The molecule has 1 aliphatic heterocycles. The van der Waals surface area contributed by atoms with Crippen molar-refractivity contribution < 1.29 is 19.1 Å². The van der Waals surface area contributed by atoms with E-state index in [-0.39, 0.29) is 24.1 Å². The molecule has 1 aromatic heterocycles. The maximum Gasteiger partial charge on any atom is 0.410 e. The van der Waals surface area contributed by atoms with Crippen LogP contribution >= 0.6 is 0 Å². The number of carbonyl (C=O) groups excluding carboxylic acids is 2. The van der Waals surface area contributed by atoms with Crippen molar-refractivity contribution in [3.05, 3.63) is 70.5 Å². The van der Waals surface area contributed by atoms with Gasteiger partial charge in [0.2, 0.25) is 0 Å². The molecule has 38 heavy (non-hydrogen) atoms.